The van der Waals surface area contributed by atoms with Crippen molar-refractivity contribution < 1.29 is 4.74 Å². The second kappa shape index (κ2) is 4.22. The molecule has 3 nitrogen and oxygen atoms in total. The minimum absolute atomic E-state index is 0.245. The molecule has 0 aliphatic rings. The Hall–Kier alpha value is -1.11. The Labute approximate surface area is 81.9 Å². The molecule has 0 saturated heterocycles. The smallest absolute Gasteiger partial charge is 0.147 e. The maximum Gasteiger partial charge on any atom is 0.147 e. The summed E-state index contributed by atoms with van der Waals surface area (Å²) in [6.07, 6.45) is 0. The first kappa shape index (κ1) is 9.97. The van der Waals surface area contributed by atoms with E-state index in [2.05, 4.69) is 4.98 Å². The number of aromatic nitrogens is 1. The molecule has 0 amide bonds. The predicted molar refractivity (Wildman–Crippen MR) is 49.4 cm³/mol. The monoisotopic (exact) mass is 196 g/mol. The number of aryl methyl sites for hydroxylation is 1. The van der Waals surface area contributed by atoms with Gasteiger partial charge < -0.3 is 4.74 Å². The summed E-state index contributed by atoms with van der Waals surface area (Å²) < 4.78 is 4.94. The fraction of sp³-hybridized carbons (Fsp3) is 0.333. The highest BCUT2D eigenvalue weighted by atomic mass is 35.5. The van der Waals surface area contributed by atoms with Crippen LogP contribution in [0, 0.1) is 18.3 Å². The van der Waals surface area contributed by atoms with E-state index in [-0.39, 0.29) is 5.15 Å². The van der Waals surface area contributed by atoms with Crippen molar-refractivity contribution in [3.63, 3.8) is 0 Å². The molecule has 1 aromatic heterocycles. The third kappa shape index (κ3) is 2.18. The van der Waals surface area contributed by atoms with E-state index in [1.165, 1.54) is 0 Å². The van der Waals surface area contributed by atoms with Gasteiger partial charge in [0.2, 0.25) is 0 Å². The molecule has 0 saturated carbocycles. The summed E-state index contributed by atoms with van der Waals surface area (Å²) in [7, 11) is 1.57. The van der Waals surface area contributed by atoms with E-state index >= 15 is 0 Å². The molecule has 0 radical (unpaired) electrons. The largest absolute Gasteiger partial charge is 0.380 e. The van der Waals surface area contributed by atoms with E-state index in [4.69, 9.17) is 21.6 Å². The second-order valence-electron chi connectivity index (χ2n) is 2.63. The van der Waals surface area contributed by atoms with Gasteiger partial charge in [-0.15, -0.1) is 0 Å². The van der Waals surface area contributed by atoms with Crippen molar-refractivity contribution in [1.29, 1.82) is 5.26 Å². The predicted octanol–water partition coefficient (Wildman–Crippen LogP) is 2.06. The fourth-order valence-electron chi connectivity index (χ4n) is 1.09. The van der Waals surface area contributed by atoms with Crippen LogP contribution in [0.25, 0.3) is 0 Å². The lowest BCUT2D eigenvalue weighted by atomic mass is 10.1. The van der Waals surface area contributed by atoms with Crippen LogP contribution in [-0.4, -0.2) is 12.1 Å². The third-order valence-corrected chi connectivity index (χ3v) is 1.87. The van der Waals surface area contributed by atoms with E-state index in [0.717, 1.165) is 11.3 Å². The van der Waals surface area contributed by atoms with Crippen LogP contribution in [0.2, 0.25) is 5.15 Å². The van der Waals surface area contributed by atoms with Crippen molar-refractivity contribution >= 4 is 11.6 Å². The quantitative estimate of drug-likeness (QED) is 0.681. The van der Waals surface area contributed by atoms with Crippen LogP contribution in [0.5, 0.6) is 0 Å². The summed E-state index contributed by atoms with van der Waals surface area (Å²) in [6.45, 7) is 2.21. The molecule has 13 heavy (non-hydrogen) atoms. The molecule has 0 fully saturated rings. The van der Waals surface area contributed by atoms with Gasteiger partial charge in [0.05, 0.1) is 12.2 Å². The molecular weight excluding hydrogens is 188 g/mol. The highest BCUT2D eigenvalue weighted by Gasteiger charge is 2.08. The number of pyridine rings is 1. The maximum absolute atomic E-state index is 8.79. The van der Waals surface area contributed by atoms with Gasteiger partial charge in [-0.3, -0.25) is 0 Å². The molecule has 0 atom stereocenters. The first-order chi connectivity index (χ1) is 6.19. The maximum atomic E-state index is 8.79. The zero-order valence-electron chi connectivity index (χ0n) is 7.47. The minimum Gasteiger partial charge on any atom is -0.380 e. The molecule has 0 spiro atoms. The Balaban J connectivity index is 3.23. The lowest BCUT2D eigenvalue weighted by molar-refractivity contribution is 0.184. The van der Waals surface area contributed by atoms with Crippen LogP contribution < -0.4 is 0 Å². The second-order valence-corrected chi connectivity index (χ2v) is 2.99. The zero-order valence-corrected chi connectivity index (χ0v) is 8.22. The van der Waals surface area contributed by atoms with Crippen LogP contribution in [0.4, 0.5) is 0 Å². The molecular formula is C9H9ClN2O. The van der Waals surface area contributed by atoms with Crippen LogP contribution in [-0.2, 0) is 11.3 Å². The number of hydrogen-bond donors (Lipinski definition) is 0. The molecule has 0 N–H and O–H groups in total. The van der Waals surface area contributed by atoms with Gasteiger partial charge in [-0.2, -0.15) is 5.26 Å². The molecule has 1 aromatic rings. The Kier molecular flexibility index (Phi) is 3.24. The third-order valence-electron chi connectivity index (χ3n) is 1.60. The summed E-state index contributed by atoms with van der Waals surface area (Å²) in [5, 5.41) is 9.03. The summed E-state index contributed by atoms with van der Waals surface area (Å²) in [6, 6.07) is 3.80. The highest BCUT2D eigenvalue weighted by Crippen LogP contribution is 2.18. The summed E-state index contributed by atoms with van der Waals surface area (Å²) in [5.41, 5.74) is 1.97. The van der Waals surface area contributed by atoms with E-state index in [9.17, 15) is 0 Å². The van der Waals surface area contributed by atoms with Gasteiger partial charge in [0, 0.05) is 18.4 Å². The molecule has 0 bridgehead atoms. The minimum atomic E-state index is 0.245. The number of hydrogen-bond acceptors (Lipinski definition) is 3. The SMILES string of the molecule is COCc1cc(C)nc(Cl)c1C#N. The Morgan fingerprint density at radius 3 is 2.92 bits per heavy atom. The first-order valence-corrected chi connectivity index (χ1v) is 4.12. The normalized spacial score (nSPS) is 9.69. The van der Waals surface area contributed by atoms with Crippen molar-refractivity contribution in [3.8, 4) is 6.07 Å². The number of ether oxygens (including phenoxy) is 1. The van der Waals surface area contributed by atoms with Gasteiger partial charge in [0.15, 0.2) is 0 Å². The molecule has 0 aromatic carbocycles. The fourth-order valence-corrected chi connectivity index (χ4v) is 1.38. The molecule has 0 aliphatic heterocycles. The Morgan fingerprint density at radius 2 is 2.38 bits per heavy atom. The number of rotatable bonds is 2. The van der Waals surface area contributed by atoms with Crippen LogP contribution in [0.3, 0.4) is 0 Å². The van der Waals surface area contributed by atoms with Gasteiger partial charge in [-0.05, 0) is 13.0 Å². The average Bonchev–Trinajstić information content (AvgIpc) is 2.04. The zero-order chi connectivity index (χ0) is 9.84. The topological polar surface area (TPSA) is 45.9 Å². The van der Waals surface area contributed by atoms with Crippen molar-refractivity contribution in [1.82, 2.24) is 4.98 Å². The van der Waals surface area contributed by atoms with Crippen molar-refractivity contribution in [2.24, 2.45) is 0 Å². The highest BCUT2D eigenvalue weighted by molar-refractivity contribution is 6.30. The van der Waals surface area contributed by atoms with Crippen molar-refractivity contribution in [2.75, 3.05) is 7.11 Å². The number of nitrogens with zero attached hydrogens (tertiary/aromatic N) is 2. The van der Waals surface area contributed by atoms with E-state index in [1.807, 2.05) is 13.0 Å². The standard InChI is InChI=1S/C9H9ClN2O/c1-6-3-7(5-13-2)8(4-11)9(10)12-6/h3H,5H2,1-2H3. The number of halogens is 1. The molecule has 4 heteroatoms. The van der Waals surface area contributed by atoms with Crippen LogP contribution >= 0.6 is 11.6 Å². The van der Waals surface area contributed by atoms with E-state index in [0.29, 0.717) is 12.2 Å². The summed E-state index contributed by atoms with van der Waals surface area (Å²) in [4.78, 5) is 3.97. The van der Waals surface area contributed by atoms with E-state index in [1.54, 1.807) is 13.2 Å². The number of methoxy groups -OCH3 is 1. The van der Waals surface area contributed by atoms with Crippen LogP contribution in [0.1, 0.15) is 16.8 Å². The van der Waals surface area contributed by atoms with E-state index < -0.39 is 0 Å². The van der Waals surface area contributed by atoms with Crippen molar-refractivity contribution in [3.05, 3.63) is 28.0 Å². The average molecular weight is 197 g/mol. The Bertz CT molecular complexity index is 357. The van der Waals surface area contributed by atoms with Gasteiger partial charge in [0.25, 0.3) is 0 Å². The molecule has 0 aliphatic carbocycles. The summed E-state index contributed by atoms with van der Waals surface area (Å²) >= 11 is 5.78. The van der Waals surface area contributed by atoms with Gasteiger partial charge in [-0.25, -0.2) is 4.98 Å². The van der Waals surface area contributed by atoms with Crippen LogP contribution in [0.15, 0.2) is 6.07 Å². The molecule has 0 unspecified atom stereocenters. The van der Waals surface area contributed by atoms with Gasteiger partial charge >= 0.3 is 0 Å². The van der Waals surface area contributed by atoms with Gasteiger partial charge in [-0.1, -0.05) is 11.6 Å². The summed E-state index contributed by atoms with van der Waals surface area (Å²) in [5.74, 6) is 0. The van der Waals surface area contributed by atoms with Gasteiger partial charge in [0.1, 0.15) is 11.2 Å². The molecule has 68 valence electrons. The lowest BCUT2D eigenvalue weighted by Gasteiger charge is -2.04. The molecule has 1 heterocycles. The van der Waals surface area contributed by atoms with Crippen molar-refractivity contribution in [2.45, 2.75) is 13.5 Å². The lowest BCUT2D eigenvalue weighted by Crippen LogP contribution is -1.97. The number of nitriles is 1. The Morgan fingerprint density at radius 1 is 1.69 bits per heavy atom. The first-order valence-electron chi connectivity index (χ1n) is 3.74. The molecule has 1 rings (SSSR count).